The summed E-state index contributed by atoms with van der Waals surface area (Å²) in [5, 5.41) is 4.07. The monoisotopic (exact) mass is 352 g/mol. The summed E-state index contributed by atoms with van der Waals surface area (Å²) in [6.45, 7) is 6.87. The summed E-state index contributed by atoms with van der Waals surface area (Å²) in [5.41, 5.74) is 0.393. The van der Waals surface area contributed by atoms with Gasteiger partial charge in [-0.25, -0.2) is 14.8 Å². The summed E-state index contributed by atoms with van der Waals surface area (Å²) >= 11 is 1.45. The van der Waals surface area contributed by atoms with Gasteiger partial charge in [0.05, 0.1) is 19.3 Å². The molecule has 2 aliphatic heterocycles. The molecular weight excluding hydrogens is 328 g/mol. The Kier molecular flexibility index (Phi) is 5.57. The second kappa shape index (κ2) is 7.67. The number of esters is 1. The molecule has 1 N–H and O–H groups in total. The summed E-state index contributed by atoms with van der Waals surface area (Å²) < 4.78 is 10.9. The Hall–Kier alpha value is -1.38. The van der Waals surface area contributed by atoms with Gasteiger partial charge in [0.1, 0.15) is 11.4 Å². The fourth-order valence-corrected chi connectivity index (χ4v) is 3.61. The van der Waals surface area contributed by atoms with Crippen molar-refractivity contribution in [2.45, 2.75) is 43.6 Å². The van der Waals surface area contributed by atoms with Crippen LogP contribution < -0.4 is 5.32 Å². The van der Waals surface area contributed by atoms with E-state index in [9.17, 15) is 4.79 Å². The number of thioether (sulfide) groups is 1. The van der Waals surface area contributed by atoms with Gasteiger partial charge in [-0.05, 0) is 26.5 Å². The quantitative estimate of drug-likeness (QED) is 0.487. The number of hydrogen-bond donors (Lipinski definition) is 1. The first-order valence-corrected chi connectivity index (χ1v) is 9.53. The third-order valence-corrected chi connectivity index (χ3v) is 4.94. The molecule has 2 saturated heterocycles. The Labute approximate surface area is 146 Å². The van der Waals surface area contributed by atoms with E-state index in [2.05, 4.69) is 27.1 Å². The molecule has 0 spiro atoms. The number of nitrogens with zero attached hydrogens (tertiary/aromatic N) is 3. The van der Waals surface area contributed by atoms with Gasteiger partial charge in [-0.3, -0.25) is 4.90 Å². The van der Waals surface area contributed by atoms with Crippen molar-refractivity contribution < 1.29 is 14.3 Å². The summed E-state index contributed by atoms with van der Waals surface area (Å²) in [4.78, 5) is 23.3. The summed E-state index contributed by atoms with van der Waals surface area (Å²) in [5.74, 6) is 0.173. The van der Waals surface area contributed by atoms with Crippen molar-refractivity contribution >= 4 is 23.5 Å². The van der Waals surface area contributed by atoms with Gasteiger partial charge in [-0.2, -0.15) is 0 Å². The van der Waals surface area contributed by atoms with Crippen LogP contribution in [0.15, 0.2) is 11.4 Å². The van der Waals surface area contributed by atoms with Gasteiger partial charge in [-0.15, -0.1) is 0 Å². The van der Waals surface area contributed by atoms with Gasteiger partial charge in [0.15, 0.2) is 5.16 Å². The highest BCUT2D eigenvalue weighted by molar-refractivity contribution is 7.98. The highest BCUT2D eigenvalue weighted by Crippen LogP contribution is 2.26. The second-order valence-electron chi connectivity index (χ2n) is 6.17. The molecule has 1 aromatic heterocycles. The van der Waals surface area contributed by atoms with E-state index >= 15 is 0 Å². The molecule has 3 rings (SSSR count). The highest BCUT2D eigenvalue weighted by Gasteiger charge is 2.36. The van der Waals surface area contributed by atoms with Crippen molar-refractivity contribution in [2.24, 2.45) is 0 Å². The van der Waals surface area contributed by atoms with Crippen LogP contribution in [-0.4, -0.2) is 71.6 Å². The number of morpholine rings is 1. The maximum atomic E-state index is 12.2. The first-order valence-electron chi connectivity index (χ1n) is 8.31. The molecular formula is C16H24N4O3S. The molecule has 0 saturated carbocycles. The molecule has 0 radical (unpaired) electrons. The zero-order valence-electron chi connectivity index (χ0n) is 14.3. The molecule has 3 heterocycles. The Morgan fingerprint density at radius 1 is 1.54 bits per heavy atom. The minimum atomic E-state index is -0.389. The van der Waals surface area contributed by atoms with Gasteiger partial charge in [0.25, 0.3) is 0 Å². The smallest absolute Gasteiger partial charge is 0.343 e. The average Bonchev–Trinajstić information content (AvgIpc) is 2.96. The normalized spacial score (nSPS) is 26.9. The Morgan fingerprint density at radius 2 is 2.38 bits per heavy atom. The number of carbonyl (C=O) groups is 1. The number of nitrogens with one attached hydrogen (secondary N) is 1. The fraction of sp³-hybridized carbons (Fsp3) is 0.688. The maximum absolute atomic E-state index is 12.2. The van der Waals surface area contributed by atoms with Crippen molar-refractivity contribution in [3.63, 3.8) is 0 Å². The number of fused-ring (bicyclic) bond motifs is 1. The average molecular weight is 352 g/mol. The number of hydrogen-bond acceptors (Lipinski definition) is 8. The van der Waals surface area contributed by atoms with Crippen molar-refractivity contribution in [3.05, 3.63) is 11.8 Å². The molecule has 0 aliphatic carbocycles. The van der Waals surface area contributed by atoms with Gasteiger partial charge < -0.3 is 14.8 Å². The minimum absolute atomic E-state index is 0.238. The molecule has 8 heteroatoms. The van der Waals surface area contributed by atoms with Crippen LogP contribution in [0.3, 0.4) is 0 Å². The van der Waals surface area contributed by atoms with Crippen LogP contribution in [0.25, 0.3) is 0 Å². The fourth-order valence-electron chi connectivity index (χ4n) is 3.27. The lowest BCUT2D eigenvalue weighted by Crippen LogP contribution is -2.45. The predicted octanol–water partition coefficient (Wildman–Crippen LogP) is 1.65. The standard InChI is InChI=1S/C16H24N4O3S/c1-4-22-15(21)13-6-17-16(24-3)19-14(13)18-11-5-12-9-23-10(2)7-20(12)8-11/h6,10-12H,4-5,7-9H2,1-3H3,(H,17,18,19)/t10-,11-,12-/m0/s1. The van der Waals surface area contributed by atoms with E-state index < -0.39 is 0 Å². The van der Waals surface area contributed by atoms with Crippen molar-refractivity contribution in [1.82, 2.24) is 14.9 Å². The number of rotatable bonds is 5. The van der Waals surface area contributed by atoms with E-state index in [4.69, 9.17) is 9.47 Å². The molecule has 132 valence electrons. The van der Waals surface area contributed by atoms with E-state index in [-0.39, 0.29) is 18.1 Å². The summed E-state index contributed by atoms with van der Waals surface area (Å²) in [7, 11) is 0. The van der Waals surface area contributed by atoms with Crippen LogP contribution in [-0.2, 0) is 9.47 Å². The van der Waals surface area contributed by atoms with Crippen LogP contribution in [0.5, 0.6) is 0 Å². The zero-order chi connectivity index (χ0) is 17.1. The van der Waals surface area contributed by atoms with Gasteiger partial charge in [0, 0.05) is 31.4 Å². The highest BCUT2D eigenvalue weighted by atomic mass is 32.2. The van der Waals surface area contributed by atoms with Crippen molar-refractivity contribution in [1.29, 1.82) is 0 Å². The van der Waals surface area contributed by atoms with Crippen LogP contribution in [0.4, 0.5) is 5.82 Å². The molecule has 0 amide bonds. The third kappa shape index (κ3) is 3.81. The van der Waals surface area contributed by atoms with Crippen molar-refractivity contribution in [2.75, 3.05) is 37.9 Å². The molecule has 3 atom stereocenters. The number of aromatic nitrogens is 2. The Morgan fingerprint density at radius 3 is 3.12 bits per heavy atom. The van der Waals surface area contributed by atoms with E-state index in [1.807, 2.05) is 6.26 Å². The summed E-state index contributed by atoms with van der Waals surface area (Å²) in [6, 6.07) is 0.674. The topological polar surface area (TPSA) is 76.6 Å². The van der Waals surface area contributed by atoms with Crippen LogP contribution >= 0.6 is 11.8 Å². The molecule has 1 aromatic rings. The first kappa shape index (κ1) is 17.4. The minimum Gasteiger partial charge on any atom is -0.462 e. The first-order chi connectivity index (χ1) is 11.6. The zero-order valence-corrected chi connectivity index (χ0v) is 15.1. The molecule has 2 fully saturated rings. The van der Waals surface area contributed by atoms with Crippen molar-refractivity contribution in [3.8, 4) is 0 Å². The van der Waals surface area contributed by atoms with E-state index in [0.29, 0.717) is 29.2 Å². The lowest BCUT2D eigenvalue weighted by atomic mass is 10.1. The summed E-state index contributed by atoms with van der Waals surface area (Å²) in [6.07, 6.45) is 4.72. The molecule has 0 bridgehead atoms. The van der Waals surface area contributed by atoms with Gasteiger partial charge in [-0.1, -0.05) is 11.8 Å². The number of anilines is 1. The number of carbonyl (C=O) groups excluding carboxylic acids is 1. The van der Waals surface area contributed by atoms with Crippen LogP contribution in [0.2, 0.25) is 0 Å². The number of ether oxygens (including phenoxy) is 2. The Balaban J connectivity index is 1.75. The van der Waals surface area contributed by atoms with Crippen LogP contribution in [0.1, 0.15) is 30.6 Å². The lowest BCUT2D eigenvalue weighted by molar-refractivity contribution is -0.0390. The van der Waals surface area contributed by atoms with E-state index in [1.165, 1.54) is 11.8 Å². The lowest BCUT2D eigenvalue weighted by Gasteiger charge is -2.33. The largest absolute Gasteiger partial charge is 0.462 e. The predicted molar refractivity (Wildman–Crippen MR) is 92.6 cm³/mol. The third-order valence-electron chi connectivity index (χ3n) is 4.38. The molecule has 24 heavy (non-hydrogen) atoms. The molecule has 2 aliphatic rings. The maximum Gasteiger partial charge on any atom is 0.343 e. The molecule has 0 unspecified atom stereocenters. The molecule has 0 aromatic carbocycles. The van der Waals surface area contributed by atoms with Gasteiger partial charge in [0.2, 0.25) is 0 Å². The second-order valence-corrected chi connectivity index (χ2v) is 6.94. The van der Waals surface area contributed by atoms with E-state index in [1.54, 1.807) is 13.1 Å². The van der Waals surface area contributed by atoms with Crippen LogP contribution in [0, 0.1) is 0 Å². The Bertz CT molecular complexity index is 601. The van der Waals surface area contributed by atoms with Gasteiger partial charge >= 0.3 is 5.97 Å². The molecule has 7 nitrogen and oxygen atoms in total. The van der Waals surface area contributed by atoms with E-state index in [0.717, 1.165) is 26.1 Å². The SMILES string of the molecule is CCOC(=O)c1cnc(SC)nc1N[C@H]1C[C@H]2CO[C@@H](C)CN2C1.